The summed E-state index contributed by atoms with van der Waals surface area (Å²) >= 11 is 1.19. The van der Waals surface area contributed by atoms with Gasteiger partial charge in [0, 0.05) is 63.4 Å². The van der Waals surface area contributed by atoms with Gasteiger partial charge in [0.25, 0.3) is 5.91 Å². The molecule has 0 saturated heterocycles. The summed E-state index contributed by atoms with van der Waals surface area (Å²) in [7, 11) is 0. The average Bonchev–Trinajstić information content (AvgIpc) is 1.29. The zero-order valence-electron chi connectivity index (χ0n) is 71.8. The molecule has 0 aliphatic heterocycles. The second kappa shape index (κ2) is 53.6. The van der Waals surface area contributed by atoms with E-state index in [2.05, 4.69) is 93.7 Å². The number of aromatic nitrogens is 3. The molecule has 0 aliphatic rings. The lowest BCUT2D eigenvalue weighted by molar-refractivity contribution is -0.137. The van der Waals surface area contributed by atoms with Crippen LogP contribution in [0.4, 0.5) is 0 Å². The van der Waals surface area contributed by atoms with Gasteiger partial charge in [-0.1, -0.05) is 65.8 Å². The Morgan fingerprint density at radius 2 is 0.762 bits per heavy atom. The van der Waals surface area contributed by atoms with E-state index in [4.69, 9.17) is 51.6 Å². The number of nitrogens with two attached hydrogens (primary N) is 9. The molecule has 34 N–H and O–H groups in total. The molecule has 0 unspecified atom stereocenters. The third-order valence-electron chi connectivity index (χ3n) is 19.0. The molecule has 126 heavy (non-hydrogen) atoms. The van der Waals surface area contributed by atoms with Crippen LogP contribution in [0.15, 0.2) is 99.4 Å². The Bertz CT molecular complexity index is 4410. The van der Waals surface area contributed by atoms with Gasteiger partial charge in [0.1, 0.15) is 89.0 Å². The first kappa shape index (κ1) is 105. The number of rotatable bonds is 56. The Morgan fingerprint density at radius 1 is 0.413 bits per heavy atom. The molecule has 2 aromatic carbocycles. The number of carbonyl (C=O) groups excluding carboxylic acids is 15. The number of aliphatic hydroxyl groups is 1. The number of aromatic amines is 1. The molecule has 0 bridgehead atoms. The van der Waals surface area contributed by atoms with E-state index < -0.39 is 204 Å². The maximum absolute atomic E-state index is 15.0. The average molecular weight is 1780 g/mol. The van der Waals surface area contributed by atoms with Crippen LogP contribution >= 0.6 is 11.8 Å². The van der Waals surface area contributed by atoms with Crippen molar-refractivity contribution >= 4 is 118 Å². The minimum atomic E-state index is -1.93. The molecular formula is C80H123N27O18S. The van der Waals surface area contributed by atoms with Crippen LogP contribution in [0.1, 0.15) is 153 Å². The predicted molar refractivity (Wildman–Crippen MR) is 466 cm³/mol. The van der Waals surface area contributed by atoms with Crippen molar-refractivity contribution in [3.05, 3.63) is 102 Å². The lowest BCUT2D eigenvalue weighted by atomic mass is 9.98. The molecule has 0 spiro atoms. The predicted octanol–water partition coefficient (Wildman–Crippen LogP) is -5.60. The minimum Gasteiger partial charge on any atom is -0.508 e. The summed E-state index contributed by atoms with van der Waals surface area (Å²) in [5, 5.41) is 62.5. The van der Waals surface area contributed by atoms with Gasteiger partial charge < -0.3 is 136 Å². The van der Waals surface area contributed by atoms with Crippen LogP contribution < -0.4 is 115 Å². The van der Waals surface area contributed by atoms with Crippen molar-refractivity contribution in [1.29, 1.82) is 0 Å². The zero-order chi connectivity index (χ0) is 94.0. The molecule has 15 amide bonds. The largest absolute Gasteiger partial charge is 0.508 e. The molecule has 45 nitrogen and oxygen atoms in total. The number of aliphatic imine (C=N–C) groups is 3. The van der Waals surface area contributed by atoms with E-state index in [1.807, 2.05) is 0 Å². The number of aliphatic hydroxyl groups excluding tert-OH is 1. The fourth-order valence-corrected chi connectivity index (χ4v) is 13.3. The van der Waals surface area contributed by atoms with Gasteiger partial charge in [0.15, 0.2) is 17.9 Å². The second-order valence-electron chi connectivity index (χ2n) is 31.3. The number of carbonyl (C=O) groups is 15. The Balaban J connectivity index is 1.64. The first-order chi connectivity index (χ1) is 59.4. The molecule has 0 fully saturated rings. The van der Waals surface area contributed by atoms with E-state index in [1.54, 1.807) is 53.9 Å². The highest BCUT2D eigenvalue weighted by molar-refractivity contribution is 7.98. The molecule has 4 aromatic rings. The number of phenols is 2. The molecule has 692 valence electrons. The van der Waals surface area contributed by atoms with E-state index in [0.717, 1.165) is 6.92 Å². The Hall–Kier alpha value is -13.4. The summed E-state index contributed by atoms with van der Waals surface area (Å²) < 4.78 is 0. The number of amides is 15. The third kappa shape index (κ3) is 39.0. The van der Waals surface area contributed by atoms with Gasteiger partial charge in [-0.15, -0.1) is 11.8 Å². The number of benzene rings is 2. The van der Waals surface area contributed by atoms with Crippen molar-refractivity contribution < 1.29 is 87.2 Å². The van der Waals surface area contributed by atoms with E-state index >= 15 is 0 Å². The summed E-state index contributed by atoms with van der Waals surface area (Å²) in [5.74, 6) is -17.3. The summed E-state index contributed by atoms with van der Waals surface area (Å²) in [6, 6.07) is -4.83. The van der Waals surface area contributed by atoms with Gasteiger partial charge >= 0.3 is 0 Å². The number of pyridine rings is 1. The van der Waals surface area contributed by atoms with Gasteiger partial charge in [-0.2, -0.15) is 0 Å². The molecule has 0 aliphatic carbocycles. The number of hydrogen-bond donors (Lipinski definition) is 25. The first-order valence-electron chi connectivity index (χ1n) is 40.8. The quantitative estimate of drug-likeness (QED) is 0.00848. The third-order valence-corrected chi connectivity index (χ3v) is 19.7. The van der Waals surface area contributed by atoms with Gasteiger partial charge in [-0.3, -0.25) is 86.9 Å². The molecule has 0 saturated carbocycles. The molecular weight excluding hydrogens is 1660 g/mol. The highest BCUT2D eigenvalue weighted by Crippen LogP contribution is 2.20. The number of imidazole rings is 1. The van der Waals surface area contributed by atoms with Gasteiger partial charge in [0.05, 0.1) is 24.4 Å². The van der Waals surface area contributed by atoms with E-state index in [1.165, 1.54) is 85.1 Å². The van der Waals surface area contributed by atoms with E-state index in [0.29, 0.717) is 21.8 Å². The lowest BCUT2D eigenvalue weighted by Crippen LogP contribution is -2.62. The highest BCUT2D eigenvalue weighted by Gasteiger charge is 2.40. The standard InChI is InChI=1S/C80H123N27O18S/c1-40(2)31-55(70(119)103-57(33-42(5)6)75(124)107-63(43(7)108)76(125)99-52(16-12-30-94-80(88)89)66(115)98-53(25-26-61(81)111)69(118)97-51(15-11-29-93-79(86)87)67(116)100-54(64(83)113)34-44-17-21-47(109)22-18-44)102-74(123)60(37-62(82)112)106-71(120)56(32-41(3)4)101-72(121)58(35-45-19-23-48(110)24-20-45)104-73(122)59(36-46-38-90-39-95-46)105-68(117)50(14-10-28-92-78(84)85)96-65(114)49-13-9-27-91-77(49)126-8/h9,13,17-24,27,38-43,50-60,63,108-110H,10-12,14-16,25-26,28-37H2,1-8H3,(H2,81,111)(H2,82,112)(H2,83,113)(H,90,95)(H,96,114)(H,97,118)(H,98,115)(H,99,125)(H,100,116)(H,101,121)(H,102,123)(H,103,119)(H,104,122)(H,105,117)(H,106,120)(H,107,124)(H4,84,85,92)(H4,86,87,93)(H4,88,89,94)/t43-,50+,51+,52+,53+,54+,55+,56+,57+,58+,59+,60+,63+/m1/s1. The fourth-order valence-electron chi connectivity index (χ4n) is 12.7. The molecule has 2 aromatic heterocycles. The number of aromatic hydroxyl groups is 2. The van der Waals surface area contributed by atoms with Gasteiger partial charge in [0.2, 0.25) is 82.7 Å². The summed E-state index contributed by atoms with van der Waals surface area (Å²) in [4.78, 5) is 235. The molecule has 46 heteroatoms. The summed E-state index contributed by atoms with van der Waals surface area (Å²) in [5.41, 5.74) is 51.5. The van der Waals surface area contributed by atoms with Crippen LogP contribution in [0.25, 0.3) is 0 Å². The van der Waals surface area contributed by atoms with Crippen molar-refractivity contribution in [2.75, 3.05) is 25.9 Å². The maximum atomic E-state index is 15.0. The van der Waals surface area contributed by atoms with Crippen LogP contribution in [0, 0.1) is 17.8 Å². The number of primary amides is 3. The fraction of sp³-hybridized carbons (Fsp3) is 0.525. The number of guanidine groups is 3. The lowest BCUT2D eigenvalue weighted by Gasteiger charge is -2.30. The minimum absolute atomic E-state index is 0.0385. The number of nitrogens with zero attached hydrogens (tertiary/aromatic N) is 5. The molecule has 13 atom stereocenters. The first-order valence-corrected chi connectivity index (χ1v) is 42.0. The van der Waals surface area contributed by atoms with Crippen molar-refractivity contribution in [1.82, 2.24) is 78.8 Å². The zero-order valence-corrected chi connectivity index (χ0v) is 72.6. The Kier molecular flexibility index (Phi) is 44.6. The number of H-pyrrole nitrogens is 1. The van der Waals surface area contributed by atoms with Crippen LogP contribution in [0.5, 0.6) is 11.5 Å². The summed E-state index contributed by atoms with van der Waals surface area (Å²) in [6.45, 7) is 11.1. The highest BCUT2D eigenvalue weighted by atomic mass is 32.2. The van der Waals surface area contributed by atoms with Crippen LogP contribution in [0.3, 0.4) is 0 Å². The van der Waals surface area contributed by atoms with E-state index in [9.17, 15) is 87.2 Å². The smallest absolute Gasteiger partial charge is 0.254 e. The topological polar surface area (TPSA) is 774 Å². The van der Waals surface area contributed by atoms with Crippen LogP contribution in [-0.4, -0.2) is 241 Å². The van der Waals surface area contributed by atoms with Crippen LogP contribution in [0.2, 0.25) is 0 Å². The van der Waals surface area contributed by atoms with Crippen molar-refractivity contribution in [3.63, 3.8) is 0 Å². The van der Waals surface area contributed by atoms with Crippen molar-refractivity contribution in [3.8, 4) is 11.5 Å². The SMILES string of the molecule is CSc1ncccc1C(=O)N[C@@H](CCCN=C(N)N)C(=O)N[C@@H](Cc1cnc[nH]1)C(=O)N[C@@H](Cc1ccc(O)cc1)C(=O)N[C@@H](CC(C)C)C(=O)N[C@@H](CC(N)=O)C(=O)N[C@@H](CC(C)C)C(=O)N[C@@H](CC(C)C)C(=O)N[C@H](C(=O)N[C@@H](CCCN=C(N)N)C(=O)N[C@@H](CCC(N)=O)C(=O)N[C@@H](CCCN=C(N)N)C(=O)N[C@@H](Cc1ccc(O)cc1)C(N)=O)[C@@H](C)O. The number of thioether (sulfide) groups is 1. The van der Waals surface area contributed by atoms with Gasteiger partial charge in [-0.25, -0.2) is 9.97 Å². The maximum Gasteiger partial charge on any atom is 0.254 e. The van der Waals surface area contributed by atoms with Gasteiger partial charge in [-0.05, 0) is 143 Å². The molecule has 0 radical (unpaired) electrons. The molecule has 2 heterocycles. The number of hydrogen-bond acceptors (Lipinski definition) is 24. The van der Waals surface area contributed by atoms with Crippen molar-refractivity contribution in [2.45, 2.75) is 228 Å². The van der Waals surface area contributed by atoms with E-state index in [-0.39, 0.29) is 132 Å². The normalized spacial score (nSPS) is 14.2. The number of nitrogens with one attached hydrogen (secondary N) is 13. The molecule has 4 rings (SSSR count). The number of phenolic OH excluding ortho intramolecular Hbond substituents is 2. The summed E-state index contributed by atoms with van der Waals surface area (Å²) in [6.07, 6.45) is 0.715. The Labute approximate surface area is 732 Å². The monoisotopic (exact) mass is 1780 g/mol. The Morgan fingerprint density at radius 3 is 1.14 bits per heavy atom. The second-order valence-corrected chi connectivity index (χ2v) is 32.1. The van der Waals surface area contributed by atoms with Crippen molar-refractivity contribution in [2.24, 2.45) is 84.3 Å². The van der Waals surface area contributed by atoms with Crippen LogP contribution in [-0.2, 0) is 86.4 Å².